The normalized spacial score (nSPS) is 29.3. The minimum Gasteiger partial charge on any atom is -0.381 e. The molecular weight excluding hydrogens is 256 g/mol. The van der Waals surface area contributed by atoms with Crippen molar-refractivity contribution in [2.75, 3.05) is 32.8 Å². The summed E-state index contributed by atoms with van der Waals surface area (Å²) in [6.45, 7) is 6.00. The molecule has 2 aliphatic rings. The molecule has 18 heavy (non-hydrogen) atoms. The van der Waals surface area contributed by atoms with Crippen LogP contribution in [0.1, 0.15) is 20.3 Å². The highest BCUT2D eigenvalue weighted by molar-refractivity contribution is 7.94. The van der Waals surface area contributed by atoms with Gasteiger partial charge in [-0.2, -0.15) is 0 Å². The van der Waals surface area contributed by atoms with Crippen LogP contribution in [0.3, 0.4) is 0 Å². The number of carbonyl (C=O) groups is 1. The van der Waals surface area contributed by atoms with Crippen molar-refractivity contribution in [1.82, 2.24) is 9.62 Å². The van der Waals surface area contributed by atoms with Gasteiger partial charge < -0.3 is 10.1 Å². The van der Waals surface area contributed by atoms with E-state index in [0.29, 0.717) is 12.5 Å². The number of sulfonamides is 1. The van der Waals surface area contributed by atoms with E-state index >= 15 is 0 Å². The van der Waals surface area contributed by atoms with E-state index in [4.69, 9.17) is 4.74 Å². The van der Waals surface area contributed by atoms with Crippen LogP contribution >= 0.6 is 0 Å². The van der Waals surface area contributed by atoms with E-state index < -0.39 is 14.8 Å². The van der Waals surface area contributed by atoms with Gasteiger partial charge in [0.15, 0.2) is 4.75 Å². The Kier molecular flexibility index (Phi) is 3.66. The van der Waals surface area contributed by atoms with Crippen LogP contribution in [0.5, 0.6) is 0 Å². The summed E-state index contributed by atoms with van der Waals surface area (Å²) in [5.41, 5.74) is 0. The molecule has 1 amide bonds. The Morgan fingerprint density at radius 1 is 1.50 bits per heavy atom. The van der Waals surface area contributed by atoms with Crippen molar-refractivity contribution in [2.24, 2.45) is 5.92 Å². The fourth-order valence-electron chi connectivity index (χ4n) is 2.21. The first-order valence-electron chi connectivity index (χ1n) is 6.22. The highest BCUT2D eigenvalue weighted by Gasteiger charge is 2.59. The lowest BCUT2D eigenvalue weighted by Crippen LogP contribution is -2.68. The number of nitrogens with one attached hydrogen (secondary N) is 1. The Balaban J connectivity index is 1.73. The van der Waals surface area contributed by atoms with Crippen molar-refractivity contribution in [3.05, 3.63) is 0 Å². The van der Waals surface area contributed by atoms with Crippen molar-refractivity contribution >= 4 is 15.9 Å². The zero-order valence-corrected chi connectivity index (χ0v) is 11.6. The fraction of sp³-hybridized carbons (Fsp3) is 0.909. The molecule has 1 atom stereocenters. The van der Waals surface area contributed by atoms with Crippen molar-refractivity contribution in [2.45, 2.75) is 25.0 Å². The SMILES string of the molecule is CC1(C)C(=O)N(CCNCC2CCOC2)S1(=O)=O. The first-order chi connectivity index (χ1) is 8.37. The predicted octanol–water partition coefficient (Wildman–Crippen LogP) is -0.437. The molecule has 0 aromatic rings. The topological polar surface area (TPSA) is 75.7 Å². The Hall–Kier alpha value is -0.660. The largest absolute Gasteiger partial charge is 0.381 e. The van der Waals surface area contributed by atoms with Crippen LogP contribution in [0.25, 0.3) is 0 Å². The van der Waals surface area contributed by atoms with Crippen LogP contribution in [0.15, 0.2) is 0 Å². The van der Waals surface area contributed by atoms with Crippen molar-refractivity contribution < 1.29 is 17.9 Å². The summed E-state index contributed by atoms with van der Waals surface area (Å²) in [7, 11) is -3.43. The molecule has 1 unspecified atom stereocenters. The molecule has 6 nitrogen and oxygen atoms in total. The molecule has 2 rings (SSSR count). The van der Waals surface area contributed by atoms with Crippen LogP contribution in [-0.4, -0.2) is 56.2 Å². The van der Waals surface area contributed by atoms with Crippen molar-refractivity contribution in [3.8, 4) is 0 Å². The number of carbonyl (C=O) groups excluding carboxylic acids is 1. The summed E-state index contributed by atoms with van der Waals surface area (Å²) in [6.07, 6.45) is 1.04. The zero-order valence-electron chi connectivity index (χ0n) is 10.8. The highest BCUT2D eigenvalue weighted by atomic mass is 32.2. The number of amides is 1. The second kappa shape index (κ2) is 4.79. The standard InChI is InChI=1S/C11H20N2O4S/c1-11(2)10(14)13(18(11,15)16)5-4-12-7-9-3-6-17-8-9/h9,12H,3-8H2,1-2H3. The second-order valence-electron chi connectivity index (χ2n) is 5.33. The molecule has 0 aromatic heterocycles. The number of hydrogen-bond acceptors (Lipinski definition) is 5. The van der Waals surface area contributed by atoms with E-state index in [0.717, 1.165) is 30.5 Å². The Labute approximate surface area is 108 Å². The lowest BCUT2D eigenvalue weighted by Gasteiger charge is -2.43. The third-order valence-corrected chi connectivity index (χ3v) is 6.02. The van der Waals surface area contributed by atoms with Gasteiger partial charge in [-0.1, -0.05) is 0 Å². The van der Waals surface area contributed by atoms with E-state index in [9.17, 15) is 13.2 Å². The second-order valence-corrected chi connectivity index (χ2v) is 7.74. The Bertz CT molecular complexity index is 426. The van der Waals surface area contributed by atoms with Gasteiger partial charge in [0.05, 0.1) is 6.61 Å². The minimum absolute atomic E-state index is 0.220. The van der Waals surface area contributed by atoms with Gasteiger partial charge in [0.1, 0.15) is 0 Å². The van der Waals surface area contributed by atoms with Gasteiger partial charge in [0, 0.05) is 26.2 Å². The average molecular weight is 276 g/mol. The summed E-state index contributed by atoms with van der Waals surface area (Å²) in [4.78, 5) is 11.6. The van der Waals surface area contributed by atoms with Gasteiger partial charge in [-0.25, -0.2) is 12.7 Å². The molecule has 0 bridgehead atoms. The number of rotatable bonds is 5. The van der Waals surface area contributed by atoms with Gasteiger partial charge in [-0.3, -0.25) is 4.79 Å². The number of nitrogens with zero attached hydrogens (tertiary/aromatic N) is 1. The Morgan fingerprint density at radius 2 is 2.22 bits per heavy atom. The van der Waals surface area contributed by atoms with E-state index in [-0.39, 0.29) is 12.5 Å². The average Bonchev–Trinajstić information content (AvgIpc) is 2.80. The lowest BCUT2D eigenvalue weighted by molar-refractivity contribution is -0.132. The predicted molar refractivity (Wildman–Crippen MR) is 66.5 cm³/mol. The molecule has 0 aromatic carbocycles. The van der Waals surface area contributed by atoms with E-state index in [1.54, 1.807) is 0 Å². The number of ether oxygens (including phenoxy) is 1. The summed E-state index contributed by atoms with van der Waals surface area (Å²) >= 11 is 0. The lowest BCUT2D eigenvalue weighted by atomic mass is 10.1. The maximum atomic E-state index is 11.8. The molecule has 0 spiro atoms. The summed E-state index contributed by atoms with van der Waals surface area (Å²) in [5, 5.41) is 3.17. The minimum atomic E-state index is -3.43. The fourth-order valence-corrected chi connectivity index (χ4v) is 3.74. The van der Waals surface area contributed by atoms with E-state index in [1.807, 2.05) is 0 Å². The molecule has 2 aliphatic heterocycles. The van der Waals surface area contributed by atoms with Crippen molar-refractivity contribution in [1.29, 1.82) is 0 Å². The maximum absolute atomic E-state index is 11.8. The third-order valence-electron chi connectivity index (χ3n) is 3.63. The monoisotopic (exact) mass is 276 g/mol. The van der Waals surface area contributed by atoms with Gasteiger partial charge >= 0.3 is 0 Å². The molecule has 0 radical (unpaired) electrons. The molecule has 7 heteroatoms. The highest BCUT2D eigenvalue weighted by Crippen LogP contribution is 2.34. The molecule has 2 fully saturated rings. The molecule has 0 saturated carbocycles. The van der Waals surface area contributed by atoms with Gasteiger partial charge in [-0.05, 0) is 26.2 Å². The van der Waals surface area contributed by atoms with E-state index in [1.165, 1.54) is 13.8 Å². The zero-order chi connectivity index (χ0) is 13.4. The quantitative estimate of drug-likeness (QED) is 0.689. The smallest absolute Gasteiger partial charge is 0.258 e. The van der Waals surface area contributed by atoms with E-state index in [2.05, 4.69) is 5.32 Å². The molecule has 0 aliphatic carbocycles. The van der Waals surface area contributed by atoms with Crippen molar-refractivity contribution in [3.63, 3.8) is 0 Å². The number of hydrogen-bond donors (Lipinski definition) is 1. The van der Waals surface area contributed by atoms with Gasteiger partial charge in [0.25, 0.3) is 15.9 Å². The molecule has 104 valence electrons. The molecular formula is C11H20N2O4S. The van der Waals surface area contributed by atoms with Crippen LogP contribution < -0.4 is 5.32 Å². The summed E-state index contributed by atoms with van der Waals surface area (Å²) in [6, 6.07) is 0. The van der Waals surface area contributed by atoms with Gasteiger partial charge in [0.2, 0.25) is 0 Å². The van der Waals surface area contributed by atoms with Gasteiger partial charge in [-0.15, -0.1) is 0 Å². The van der Waals surface area contributed by atoms with Crippen LogP contribution in [-0.2, 0) is 19.6 Å². The molecule has 2 saturated heterocycles. The Morgan fingerprint density at radius 3 is 2.78 bits per heavy atom. The van der Waals surface area contributed by atoms with Crippen LogP contribution in [0.2, 0.25) is 0 Å². The van der Waals surface area contributed by atoms with Crippen LogP contribution in [0, 0.1) is 5.92 Å². The first-order valence-corrected chi connectivity index (χ1v) is 7.66. The maximum Gasteiger partial charge on any atom is 0.258 e. The molecule has 2 heterocycles. The first kappa shape index (κ1) is 13.8. The third kappa shape index (κ3) is 2.15. The molecule has 1 N–H and O–H groups in total. The van der Waals surface area contributed by atoms with Crippen LogP contribution in [0.4, 0.5) is 0 Å². The summed E-state index contributed by atoms with van der Waals surface area (Å²) < 4.78 is 28.5. The summed E-state index contributed by atoms with van der Waals surface area (Å²) in [5.74, 6) is 0.193.